The van der Waals surface area contributed by atoms with Crippen LogP contribution >= 0.6 is 7.82 Å². The van der Waals surface area contributed by atoms with Crippen LogP contribution in [0.25, 0.3) is 0 Å². The fourth-order valence-electron chi connectivity index (χ4n) is 6.89. The van der Waals surface area contributed by atoms with E-state index in [2.05, 4.69) is 19.9 Å². The topological polar surface area (TPSA) is 230 Å². The molecule has 0 aromatic heterocycles. The molecule has 1 rings (SSSR count). The molecule has 1 saturated carbocycles. The zero-order valence-electron chi connectivity index (χ0n) is 37.8. The summed E-state index contributed by atoms with van der Waals surface area (Å²) in [5.41, 5.74) is 0. The van der Waals surface area contributed by atoms with E-state index < -0.39 is 81.8 Å². The zero-order valence-corrected chi connectivity index (χ0v) is 38.7. The first-order valence-corrected chi connectivity index (χ1v) is 25.0. The average molecular weight is 903 g/mol. The number of aliphatic hydroxyl groups is 6. The number of phosphoric ester groups is 1. The van der Waals surface area contributed by atoms with Gasteiger partial charge >= 0.3 is 19.8 Å². The van der Waals surface area contributed by atoms with Gasteiger partial charge in [0.05, 0.1) is 12.7 Å². The van der Waals surface area contributed by atoms with Crippen LogP contribution in [0.2, 0.25) is 0 Å². The zero-order chi connectivity index (χ0) is 45.9. The Hall–Kier alpha value is -2.23. The Morgan fingerprint density at radius 1 is 0.581 bits per heavy atom. The minimum Gasteiger partial charge on any atom is -0.462 e. The van der Waals surface area contributed by atoms with Crippen molar-refractivity contribution in [2.75, 3.05) is 13.2 Å². The van der Waals surface area contributed by atoms with Crippen molar-refractivity contribution in [3.8, 4) is 0 Å². The quantitative estimate of drug-likeness (QED) is 0.0102. The molecule has 1 aliphatic rings. The smallest absolute Gasteiger partial charge is 0.462 e. The predicted octanol–water partition coefficient (Wildman–Crippen LogP) is 8.14. The van der Waals surface area contributed by atoms with Crippen molar-refractivity contribution in [3.63, 3.8) is 0 Å². The minimum atomic E-state index is -5.15. The standard InChI is InChI=1S/C47H83O14P/c1-3-5-7-9-11-12-13-14-15-16-17-18-22-26-30-34-40(49)58-36-39(37-59-62(56,57)61-47-45(54)43(52)42(51)44(53)46(47)55)60-41(50)35-31-27-23-19-21-25-29-33-38(48)32-28-24-20-10-8-6-4-2/h19-20,23-25,28-29,32,38-39,42-48,51-55H,3-18,21-22,26-27,30-31,33-37H2,1-2H3,(H,56,57)/b23-19+,24-20-,29-25-,32-28-/t38-,39+,42?,43-,44+,45+,46+,47?/m0/s1. The molecule has 0 aromatic rings. The molecule has 14 nitrogen and oxygen atoms in total. The molecular weight excluding hydrogens is 819 g/mol. The van der Waals surface area contributed by atoms with Gasteiger partial charge in [-0.1, -0.05) is 165 Å². The fourth-order valence-corrected chi connectivity index (χ4v) is 7.86. The minimum absolute atomic E-state index is 0.0127. The second kappa shape index (κ2) is 37.0. The molecule has 9 atom stereocenters. The average Bonchev–Trinajstić information content (AvgIpc) is 3.25. The van der Waals surface area contributed by atoms with Crippen LogP contribution < -0.4 is 0 Å². The Morgan fingerprint density at radius 3 is 1.68 bits per heavy atom. The molecule has 0 aromatic carbocycles. The molecule has 360 valence electrons. The van der Waals surface area contributed by atoms with Crippen molar-refractivity contribution in [2.24, 2.45) is 0 Å². The highest BCUT2D eigenvalue weighted by atomic mass is 31.2. The second-order valence-corrected chi connectivity index (χ2v) is 17.9. The van der Waals surface area contributed by atoms with E-state index in [0.717, 1.165) is 25.7 Å². The highest BCUT2D eigenvalue weighted by molar-refractivity contribution is 7.47. The number of hydrogen-bond donors (Lipinski definition) is 7. The first kappa shape index (κ1) is 57.8. The molecule has 62 heavy (non-hydrogen) atoms. The highest BCUT2D eigenvalue weighted by Gasteiger charge is 2.51. The number of esters is 2. The third-order valence-electron chi connectivity index (χ3n) is 10.8. The van der Waals surface area contributed by atoms with Crippen LogP contribution in [0.15, 0.2) is 48.6 Å². The summed E-state index contributed by atoms with van der Waals surface area (Å²) in [6.45, 7) is 3.15. The summed E-state index contributed by atoms with van der Waals surface area (Å²) in [5.74, 6) is -1.20. The summed E-state index contributed by atoms with van der Waals surface area (Å²) in [6, 6.07) is 0. The summed E-state index contributed by atoms with van der Waals surface area (Å²) in [6.07, 6.45) is 26.1. The summed E-state index contributed by atoms with van der Waals surface area (Å²) < 4.78 is 33.4. The van der Waals surface area contributed by atoms with E-state index in [-0.39, 0.29) is 12.8 Å². The van der Waals surface area contributed by atoms with E-state index in [9.17, 15) is 49.7 Å². The molecule has 1 fully saturated rings. The lowest BCUT2D eigenvalue weighted by Crippen LogP contribution is -2.64. The molecule has 0 spiro atoms. The van der Waals surface area contributed by atoms with Crippen molar-refractivity contribution in [1.82, 2.24) is 0 Å². The predicted molar refractivity (Wildman–Crippen MR) is 241 cm³/mol. The van der Waals surface area contributed by atoms with E-state index >= 15 is 0 Å². The Labute approximate surface area is 372 Å². The van der Waals surface area contributed by atoms with Crippen LogP contribution in [-0.4, -0.2) is 110 Å². The number of unbranched alkanes of at least 4 members (excludes halogenated alkanes) is 18. The maximum Gasteiger partial charge on any atom is 0.472 e. The van der Waals surface area contributed by atoms with Crippen LogP contribution in [0, 0.1) is 0 Å². The number of rotatable bonds is 38. The number of carbonyl (C=O) groups is 2. The molecule has 0 aliphatic heterocycles. The number of ether oxygens (including phenoxy) is 2. The highest BCUT2D eigenvalue weighted by Crippen LogP contribution is 2.47. The number of aliphatic hydroxyl groups excluding tert-OH is 6. The van der Waals surface area contributed by atoms with Crippen LogP contribution in [0.1, 0.15) is 174 Å². The van der Waals surface area contributed by atoms with Crippen molar-refractivity contribution in [1.29, 1.82) is 0 Å². The molecular formula is C47H83O14P. The van der Waals surface area contributed by atoms with Crippen LogP contribution in [-0.2, 0) is 32.7 Å². The van der Waals surface area contributed by atoms with Gasteiger partial charge in [-0.05, 0) is 44.9 Å². The Balaban J connectivity index is 2.52. The first-order valence-electron chi connectivity index (χ1n) is 23.5. The van der Waals surface area contributed by atoms with Gasteiger partial charge in [-0.2, -0.15) is 0 Å². The summed E-state index contributed by atoms with van der Waals surface area (Å²) >= 11 is 0. The summed E-state index contributed by atoms with van der Waals surface area (Å²) in [7, 11) is -5.15. The largest absolute Gasteiger partial charge is 0.472 e. The molecule has 0 heterocycles. The molecule has 15 heteroatoms. The molecule has 0 bridgehead atoms. The molecule has 0 saturated heterocycles. The maximum atomic E-state index is 12.8. The van der Waals surface area contributed by atoms with E-state index in [1.165, 1.54) is 89.9 Å². The number of allylic oxidation sites excluding steroid dienone is 6. The van der Waals surface area contributed by atoms with Crippen molar-refractivity contribution in [2.45, 2.75) is 223 Å². The molecule has 7 N–H and O–H groups in total. The Kier molecular flexibility index (Phi) is 34.5. The fraction of sp³-hybridized carbons (Fsp3) is 0.787. The Morgan fingerprint density at radius 2 is 1.08 bits per heavy atom. The Bertz CT molecular complexity index is 1290. The molecule has 0 radical (unpaired) electrons. The van der Waals surface area contributed by atoms with Gasteiger partial charge in [-0.25, -0.2) is 4.57 Å². The van der Waals surface area contributed by atoms with E-state index in [1.54, 1.807) is 6.08 Å². The van der Waals surface area contributed by atoms with Crippen molar-refractivity contribution in [3.05, 3.63) is 48.6 Å². The number of phosphoric acid groups is 1. The number of hydrogen-bond acceptors (Lipinski definition) is 13. The lowest BCUT2D eigenvalue weighted by atomic mass is 9.85. The van der Waals surface area contributed by atoms with Crippen LogP contribution in [0.3, 0.4) is 0 Å². The molecule has 0 amide bonds. The lowest BCUT2D eigenvalue weighted by molar-refractivity contribution is -0.220. The van der Waals surface area contributed by atoms with Crippen LogP contribution in [0.5, 0.6) is 0 Å². The van der Waals surface area contributed by atoms with Gasteiger partial charge in [-0.15, -0.1) is 0 Å². The third kappa shape index (κ3) is 29.3. The van der Waals surface area contributed by atoms with Gasteiger partial charge in [0.25, 0.3) is 0 Å². The molecule has 1 aliphatic carbocycles. The van der Waals surface area contributed by atoms with Gasteiger partial charge in [0, 0.05) is 12.8 Å². The van der Waals surface area contributed by atoms with Crippen LogP contribution in [0.4, 0.5) is 0 Å². The van der Waals surface area contributed by atoms with E-state index in [1.807, 2.05) is 36.5 Å². The summed E-state index contributed by atoms with van der Waals surface area (Å²) in [4.78, 5) is 35.7. The molecule has 3 unspecified atom stereocenters. The number of carbonyl (C=O) groups excluding carboxylic acids is 2. The normalized spacial score (nSPS) is 22.8. The van der Waals surface area contributed by atoms with Gasteiger partial charge < -0.3 is 45.0 Å². The van der Waals surface area contributed by atoms with Gasteiger partial charge in [0.15, 0.2) is 6.10 Å². The van der Waals surface area contributed by atoms with E-state index in [0.29, 0.717) is 32.1 Å². The maximum absolute atomic E-state index is 12.8. The van der Waals surface area contributed by atoms with E-state index in [4.69, 9.17) is 18.5 Å². The second-order valence-electron chi connectivity index (χ2n) is 16.5. The van der Waals surface area contributed by atoms with Gasteiger partial charge in [0.2, 0.25) is 0 Å². The first-order chi connectivity index (χ1) is 29.8. The SMILES string of the molecule is CCCCC/C=C\C=C/[C@H](O)C/C=C\C/C=C/CCCC(=O)O[C@H](COC(=O)CCCCCCCCCCCCCCCCC)COP(=O)(O)OC1[C@H](O)[C@H](O)C(O)[C@H](O)[C@H]1O. The third-order valence-corrected chi connectivity index (χ3v) is 11.7. The monoisotopic (exact) mass is 903 g/mol. The van der Waals surface area contributed by atoms with Gasteiger partial charge in [0.1, 0.15) is 43.2 Å². The van der Waals surface area contributed by atoms with Gasteiger partial charge in [-0.3, -0.25) is 18.6 Å². The lowest BCUT2D eigenvalue weighted by Gasteiger charge is -2.41. The van der Waals surface area contributed by atoms with Crippen molar-refractivity contribution < 1.29 is 68.2 Å². The summed E-state index contributed by atoms with van der Waals surface area (Å²) in [5, 5.41) is 60.2. The van der Waals surface area contributed by atoms with Crippen molar-refractivity contribution >= 4 is 19.8 Å².